The molecule has 0 saturated heterocycles. The average Bonchev–Trinajstić information content (AvgIpc) is 3.18. The van der Waals surface area contributed by atoms with Crippen LogP contribution in [-0.2, 0) is 0 Å². The smallest absolute Gasteiger partial charge is 0.272 e. The number of nitrogens with zero attached hydrogens (tertiary/aromatic N) is 4. The van der Waals surface area contributed by atoms with E-state index >= 15 is 0 Å². The van der Waals surface area contributed by atoms with Crippen molar-refractivity contribution in [2.45, 2.75) is 25.3 Å². The van der Waals surface area contributed by atoms with Crippen LogP contribution in [-0.4, -0.2) is 43.6 Å². The van der Waals surface area contributed by atoms with Crippen LogP contribution in [0.1, 0.15) is 29.8 Å². The number of nitrogens with two attached hydrogens (primary N) is 1. The second kappa shape index (κ2) is 6.10. The van der Waals surface area contributed by atoms with Crippen molar-refractivity contribution in [2.75, 3.05) is 12.3 Å². The average molecular weight is 302 g/mol. The maximum absolute atomic E-state index is 12.6. The first-order chi connectivity index (χ1) is 10.7. The van der Waals surface area contributed by atoms with Gasteiger partial charge in [-0.15, -0.1) is 4.80 Å². The first-order valence-electron chi connectivity index (χ1n) is 7.24. The third-order valence-electron chi connectivity index (χ3n) is 3.95. The van der Waals surface area contributed by atoms with Crippen molar-refractivity contribution in [1.29, 1.82) is 0 Å². The molecule has 4 N–H and O–H groups in total. The van der Waals surface area contributed by atoms with Crippen molar-refractivity contribution >= 4 is 11.7 Å². The molecular weight excluding hydrogens is 284 g/mol. The highest BCUT2D eigenvalue weighted by atomic mass is 16.3. The molecule has 8 heteroatoms. The molecule has 3 rings (SSSR count). The van der Waals surface area contributed by atoms with Gasteiger partial charge in [-0.25, -0.2) is 4.98 Å². The molecule has 22 heavy (non-hydrogen) atoms. The van der Waals surface area contributed by atoms with E-state index in [1.807, 2.05) is 0 Å². The summed E-state index contributed by atoms with van der Waals surface area (Å²) in [6.45, 7) is 0.0723. The second-order valence-electron chi connectivity index (χ2n) is 5.38. The van der Waals surface area contributed by atoms with Crippen molar-refractivity contribution in [3.63, 3.8) is 0 Å². The van der Waals surface area contributed by atoms with Gasteiger partial charge in [0, 0.05) is 18.6 Å². The minimum Gasteiger partial charge on any atom is -0.396 e. The number of nitrogens with one attached hydrogen (secondary N) is 1. The zero-order chi connectivity index (χ0) is 15.5. The lowest BCUT2D eigenvalue weighted by atomic mass is 10.0. The fraction of sp³-hybridized carbons (Fsp3) is 0.429. The van der Waals surface area contributed by atoms with Crippen molar-refractivity contribution in [2.24, 2.45) is 5.92 Å². The summed E-state index contributed by atoms with van der Waals surface area (Å²) in [5.41, 5.74) is 6.35. The van der Waals surface area contributed by atoms with Crippen LogP contribution in [0.25, 0.3) is 5.69 Å². The number of aliphatic hydroxyl groups excluding tert-OH is 1. The molecule has 8 nitrogen and oxygen atoms in total. The van der Waals surface area contributed by atoms with Gasteiger partial charge in [0.05, 0.1) is 12.4 Å². The van der Waals surface area contributed by atoms with Crippen molar-refractivity contribution in [3.05, 3.63) is 30.2 Å². The Morgan fingerprint density at radius 2 is 2.14 bits per heavy atom. The van der Waals surface area contributed by atoms with Crippen molar-refractivity contribution < 1.29 is 9.90 Å². The fourth-order valence-electron chi connectivity index (χ4n) is 2.82. The molecule has 1 amide bonds. The molecule has 1 fully saturated rings. The first-order valence-corrected chi connectivity index (χ1v) is 7.24. The van der Waals surface area contributed by atoms with E-state index in [9.17, 15) is 9.90 Å². The van der Waals surface area contributed by atoms with Crippen LogP contribution < -0.4 is 11.1 Å². The van der Waals surface area contributed by atoms with Gasteiger partial charge in [-0.05, 0) is 25.0 Å². The summed E-state index contributed by atoms with van der Waals surface area (Å²) in [6.07, 6.45) is 5.82. The number of carbonyl (C=O) groups is 1. The number of amides is 1. The topological polar surface area (TPSA) is 119 Å². The van der Waals surface area contributed by atoms with E-state index in [1.54, 1.807) is 12.1 Å². The minimum absolute atomic E-state index is 0.0424. The maximum Gasteiger partial charge on any atom is 0.272 e. The van der Waals surface area contributed by atoms with Crippen molar-refractivity contribution in [1.82, 2.24) is 25.3 Å². The third kappa shape index (κ3) is 2.77. The summed E-state index contributed by atoms with van der Waals surface area (Å²) >= 11 is 0. The molecule has 0 unspecified atom stereocenters. The number of carbonyl (C=O) groups excluding carboxylic acids is 1. The van der Waals surface area contributed by atoms with Gasteiger partial charge in [0.25, 0.3) is 5.91 Å². The molecule has 1 aliphatic carbocycles. The predicted molar refractivity (Wildman–Crippen MR) is 79.2 cm³/mol. The predicted octanol–water partition coefficient (Wildman–Crippen LogP) is 0.135. The molecule has 0 spiro atoms. The van der Waals surface area contributed by atoms with E-state index in [-0.39, 0.29) is 36.0 Å². The monoisotopic (exact) mass is 302 g/mol. The van der Waals surface area contributed by atoms with Gasteiger partial charge < -0.3 is 16.2 Å². The molecule has 2 aromatic rings. The zero-order valence-electron chi connectivity index (χ0n) is 12.0. The molecule has 2 heterocycles. The molecular formula is C14H18N6O2. The van der Waals surface area contributed by atoms with E-state index in [0.29, 0.717) is 5.69 Å². The summed E-state index contributed by atoms with van der Waals surface area (Å²) in [5.74, 6) is 0.0208. The molecule has 0 bridgehead atoms. The lowest BCUT2D eigenvalue weighted by molar-refractivity contribution is 0.0910. The number of hydrogen-bond donors (Lipinski definition) is 3. The van der Waals surface area contributed by atoms with E-state index in [1.165, 1.54) is 17.2 Å². The Bertz CT molecular complexity index is 657. The molecule has 116 valence electrons. The van der Waals surface area contributed by atoms with Gasteiger partial charge in [-0.2, -0.15) is 10.2 Å². The zero-order valence-corrected chi connectivity index (χ0v) is 12.0. The number of anilines is 1. The van der Waals surface area contributed by atoms with Crippen LogP contribution in [0.3, 0.4) is 0 Å². The van der Waals surface area contributed by atoms with Crippen LogP contribution in [0.4, 0.5) is 5.82 Å². The molecule has 2 atom stereocenters. The largest absolute Gasteiger partial charge is 0.396 e. The van der Waals surface area contributed by atoms with Gasteiger partial charge in [0.1, 0.15) is 11.5 Å². The van der Waals surface area contributed by atoms with Gasteiger partial charge in [0.2, 0.25) is 0 Å². The number of hydrogen-bond acceptors (Lipinski definition) is 6. The highest BCUT2D eigenvalue weighted by molar-refractivity contribution is 5.96. The maximum atomic E-state index is 12.6. The quantitative estimate of drug-likeness (QED) is 0.739. The molecule has 2 aromatic heterocycles. The van der Waals surface area contributed by atoms with Crippen LogP contribution in [0.2, 0.25) is 0 Å². The standard InChI is InChI=1S/C14H18N6O2/c15-12-5-4-11(20-16-6-7-17-20)13(19-12)14(22)18-10-3-1-2-9(10)8-21/h4-7,9-10,21H,1-3,8H2,(H2,15,19)(H,18,22)/t9-,10+/m1/s1. The highest BCUT2D eigenvalue weighted by Crippen LogP contribution is 2.25. The number of pyridine rings is 1. The normalized spacial score (nSPS) is 21.0. The SMILES string of the molecule is Nc1ccc(-n2nccn2)c(C(=O)N[C@H]2CCC[C@@H]2CO)n1. The molecule has 1 aliphatic rings. The Morgan fingerprint density at radius 3 is 2.86 bits per heavy atom. The number of nitrogen functional groups attached to an aromatic ring is 1. The summed E-state index contributed by atoms with van der Waals surface area (Å²) < 4.78 is 0. The molecule has 1 saturated carbocycles. The Kier molecular flexibility index (Phi) is 4.01. The fourth-order valence-corrected chi connectivity index (χ4v) is 2.82. The lowest BCUT2D eigenvalue weighted by Crippen LogP contribution is -2.39. The third-order valence-corrected chi connectivity index (χ3v) is 3.95. The van der Waals surface area contributed by atoms with Gasteiger partial charge >= 0.3 is 0 Å². The summed E-state index contributed by atoms with van der Waals surface area (Å²) in [6, 6.07) is 3.22. The van der Waals surface area contributed by atoms with Crippen LogP contribution in [0, 0.1) is 5.92 Å². The van der Waals surface area contributed by atoms with E-state index in [0.717, 1.165) is 19.3 Å². The molecule has 0 aromatic carbocycles. The number of aliphatic hydroxyl groups is 1. The van der Waals surface area contributed by atoms with E-state index in [2.05, 4.69) is 20.5 Å². The summed E-state index contributed by atoms with van der Waals surface area (Å²) in [7, 11) is 0. The summed E-state index contributed by atoms with van der Waals surface area (Å²) in [5, 5.41) is 20.4. The minimum atomic E-state index is -0.329. The Morgan fingerprint density at radius 1 is 1.36 bits per heavy atom. The van der Waals surface area contributed by atoms with Crippen LogP contribution in [0.15, 0.2) is 24.5 Å². The number of aromatic nitrogens is 4. The summed E-state index contributed by atoms with van der Waals surface area (Å²) in [4.78, 5) is 18.0. The molecule has 0 radical (unpaired) electrons. The van der Waals surface area contributed by atoms with Gasteiger partial charge in [-0.3, -0.25) is 4.79 Å². The van der Waals surface area contributed by atoms with Crippen LogP contribution >= 0.6 is 0 Å². The van der Waals surface area contributed by atoms with E-state index < -0.39 is 0 Å². The Hall–Kier alpha value is -2.48. The molecule has 0 aliphatic heterocycles. The Balaban J connectivity index is 1.87. The van der Waals surface area contributed by atoms with E-state index in [4.69, 9.17) is 5.73 Å². The Labute approximate surface area is 127 Å². The van der Waals surface area contributed by atoms with Gasteiger partial charge in [-0.1, -0.05) is 6.42 Å². The number of rotatable bonds is 4. The van der Waals surface area contributed by atoms with Crippen molar-refractivity contribution in [3.8, 4) is 5.69 Å². The van der Waals surface area contributed by atoms with Gasteiger partial charge in [0.15, 0.2) is 5.69 Å². The first kappa shape index (κ1) is 14.5. The van der Waals surface area contributed by atoms with Crippen LogP contribution in [0.5, 0.6) is 0 Å². The lowest BCUT2D eigenvalue weighted by Gasteiger charge is -2.19. The highest BCUT2D eigenvalue weighted by Gasteiger charge is 2.29. The second-order valence-corrected chi connectivity index (χ2v) is 5.38.